The topological polar surface area (TPSA) is 77.8 Å². The fourth-order valence-corrected chi connectivity index (χ4v) is 4.54. The Morgan fingerprint density at radius 3 is 2.42 bits per heavy atom. The van der Waals surface area contributed by atoms with E-state index in [2.05, 4.69) is 0 Å². The van der Waals surface area contributed by atoms with E-state index in [1.807, 2.05) is 13.8 Å². The average molecular weight is 378 g/mol. The van der Waals surface area contributed by atoms with Crippen LogP contribution in [0.3, 0.4) is 0 Å². The van der Waals surface area contributed by atoms with Crippen molar-refractivity contribution in [1.29, 1.82) is 0 Å². The molecule has 2 aromatic rings. The van der Waals surface area contributed by atoms with Crippen molar-refractivity contribution in [2.24, 2.45) is 7.05 Å². The van der Waals surface area contributed by atoms with Gasteiger partial charge in [0.25, 0.3) is 5.56 Å². The van der Waals surface area contributed by atoms with Crippen LogP contribution in [0.5, 0.6) is 11.5 Å². The van der Waals surface area contributed by atoms with E-state index in [-0.39, 0.29) is 29.6 Å². The van der Waals surface area contributed by atoms with Gasteiger partial charge in [-0.25, -0.2) is 8.42 Å². The van der Waals surface area contributed by atoms with Gasteiger partial charge in [0.15, 0.2) is 0 Å². The summed E-state index contributed by atoms with van der Waals surface area (Å²) < 4.78 is 39.5. The summed E-state index contributed by atoms with van der Waals surface area (Å²) >= 11 is 0. The summed E-state index contributed by atoms with van der Waals surface area (Å²) in [6.45, 7) is 4.11. The molecular weight excluding hydrogens is 356 g/mol. The quantitative estimate of drug-likeness (QED) is 0.787. The molecule has 1 saturated heterocycles. The van der Waals surface area contributed by atoms with Gasteiger partial charge in [0, 0.05) is 18.8 Å². The third kappa shape index (κ3) is 3.34. The highest BCUT2D eigenvalue weighted by molar-refractivity contribution is 7.89. The lowest BCUT2D eigenvalue weighted by atomic mass is 10.2. The lowest BCUT2D eigenvalue weighted by molar-refractivity contribution is 0.0758. The Hall–Kier alpha value is -2.32. The van der Waals surface area contributed by atoms with Gasteiger partial charge in [0.1, 0.15) is 22.5 Å². The molecule has 0 saturated carbocycles. The Morgan fingerprint density at radius 1 is 1.12 bits per heavy atom. The van der Waals surface area contributed by atoms with E-state index in [1.165, 1.54) is 22.0 Å². The highest BCUT2D eigenvalue weighted by Gasteiger charge is 2.39. The van der Waals surface area contributed by atoms with Gasteiger partial charge in [-0.1, -0.05) is 6.07 Å². The van der Waals surface area contributed by atoms with Crippen LogP contribution in [0.2, 0.25) is 0 Å². The maximum Gasteiger partial charge on any atom is 0.254 e. The molecule has 7 nitrogen and oxygen atoms in total. The van der Waals surface area contributed by atoms with Gasteiger partial charge in [0.05, 0.1) is 20.2 Å². The van der Waals surface area contributed by atoms with E-state index in [0.717, 1.165) is 11.3 Å². The van der Waals surface area contributed by atoms with E-state index >= 15 is 0 Å². The van der Waals surface area contributed by atoms with Crippen molar-refractivity contribution in [3.8, 4) is 11.5 Å². The predicted octanol–water partition coefficient (Wildman–Crippen LogP) is 1.46. The molecule has 0 aliphatic carbocycles. The van der Waals surface area contributed by atoms with Gasteiger partial charge < -0.3 is 14.0 Å². The van der Waals surface area contributed by atoms with Crippen LogP contribution in [-0.4, -0.2) is 43.6 Å². The van der Waals surface area contributed by atoms with Crippen LogP contribution >= 0.6 is 0 Å². The first kappa shape index (κ1) is 18.5. The smallest absolute Gasteiger partial charge is 0.254 e. The molecule has 0 spiro atoms. The maximum atomic E-state index is 12.8. The number of hydrogen-bond donors (Lipinski definition) is 0. The molecule has 1 aliphatic heterocycles. The SMILES string of the molecule is COc1ccc(C)cc1S(=O)(=O)N1CC(Oc2cc(C)n(C)c(=O)c2)C1. The van der Waals surface area contributed by atoms with E-state index in [1.54, 1.807) is 31.3 Å². The zero-order valence-corrected chi connectivity index (χ0v) is 16.0. The molecule has 0 atom stereocenters. The highest BCUT2D eigenvalue weighted by atomic mass is 32.2. The van der Waals surface area contributed by atoms with Gasteiger partial charge in [-0.3, -0.25) is 4.79 Å². The van der Waals surface area contributed by atoms with Crippen LogP contribution in [0.15, 0.2) is 40.0 Å². The molecule has 8 heteroatoms. The number of rotatable bonds is 5. The Labute approximate surface area is 152 Å². The third-order valence-electron chi connectivity index (χ3n) is 4.53. The first-order valence-corrected chi connectivity index (χ1v) is 9.65. The zero-order valence-electron chi connectivity index (χ0n) is 15.2. The lowest BCUT2D eigenvalue weighted by Crippen LogP contribution is -2.56. The Kier molecular flexibility index (Phi) is 4.81. The van der Waals surface area contributed by atoms with Gasteiger partial charge in [-0.05, 0) is 37.6 Å². The van der Waals surface area contributed by atoms with Crippen molar-refractivity contribution in [1.82, 2.24) is 8.87 Å². The van der Waals surface area contributed by atoms with E-state index < -0.39 is 10.0 Å². The molecule has 2 heterocycles. The number of methoxy groups -OCH3 is 1. The molecule has 1 aliphatic rings. The second-order valence-electron chi connectivity index (χ2n) is 6.45. The largest absolute Gasteiger partial charge is 0.495 e. The van der Waals surface area contributed by atoms with E-state index in [0.29, 0.717) is 11.5 Å². The molecule has 0 bridgehead atoms. The minimum Gasteiger partial charge on any atom is -0.495 e. The Balaban J connectivity index is 1.73. The van der Waals surface area contributed by atoms with Crippen LogP contribution in [0.4, 0.5) is 0 Å². The number of aromatic nitrogens is 1. The van der Waals surface area contributed by atoms with Gasteiger partial charge in [-0.15, -0.1) is 0 Å². The number of benzene rings is 1. The summed E-state index contributed by atoms with van der Waals surface area (Å²) in [4.78, 5) is 12.0. The number of nitrogens with zero attached hydrogens (tertiary/aromatic N) is 2. The van der Waals surface area contributed by atoms with Crippen LogP contribution in [-0.2, 0) is 17.1 Å². The molecule has 1 aromatic carbocycles. The van der Waals surface area contributed by atoms with Gasteiger partial charge in [-0.2, -0.15) is 4.31 Å². The Morgan fingerprint density at radius 2 is 1.81 bits per heavy atom. The first-order chi connectivity index (χ1) is 12.2. The van der Waals surface area contributed by atoms with Crippen molar-refractivity contribution in [2.45, 2.75) is 24.8 Å². The number of hydrogen-bond acceptors (Lipinski definition) is 5. The van der Waals surface area contributed by atoms with Crippen molar-refractivity contribution >= 4 is 10.0 Å². The monoisotopic (exact) mass is 378 g/mol. The summed E-state index contributed by atoms with van der Waals surface area (Å²) in [6.07, 6.45) is -0.285. The molecule has 3 rings (SSSR count). The molecule has 0 N–H and O–H groups in total. The second kappa shape index (κ2) is 6.77. The van der Waals surface area contributed by atoms with Crippen molar-refractivity contribution < 1.29 is 17.9 Å². The molecule has 0 unspecified atom stereocenters. The average Bonchev–Trinajstić information content (AvgIpc) is 2.55. The molecule has 0 radical (unpaired) electrons. The highest BCUT2D eigenvalue weighted by Crippen LogP contribution is 2.31. The number of sulfonamides is 1. The minimum atomic E-state index is -3.65. The second-order valence-corrected chi connectivity index (χ2v) is 8.35. The molecule has 140 valence electrons. The molecule has 1 aromatic heterocycles. The minimum absolute atomic E-state index is 0.155. The summed E-state index contributed by atoms with van der Waals surface area (Å²) in [6, 6.07) is 8.24. The van der Waals surface area contributed by atoms with Crippen molar-refractivity contribution in [3.63, 3.8) is 0 Å². The van der Waals surface area contributed by atoms with E-state index in [4.69, 9.17) is 9.47 Å². The molecule has 26 heavy (non-hydrogen) atoms. The summed E-state index contributed by atoms with van der Waals surface area (Å²) in [5, 5.41) is 0. The van der Waals surface area contributed by atoms with E-state index in [9.17, 15) is 13.2 Å². The summed E-state index contributed by atoms with van der Waals surface area (Å²) in [5.41, 5.74) is 1.46. The number of ether oxygens (including phenoxy) is 2. The van der Waals surface area contributed by atoms with Crippen LogP contribution in [0, 0.1) is 13.8 Å². The third-order valence-corrected chi connectivity index (χ3v) is 6.38. The number of pyridine rings is 1. The van der Waals surface area contributed by atoms with Crippen LogP contribution in [0.1, 0.15) is 11.3 Å². The zero-order chi connectivity index (χ0) is 19.1. The van der Waals surface area contributed by atoms with Crippen LogP contribution < -0.4 is 15.0 Å². The fraction of sp³-hybridized carbons (Fsp3) is 0.389. The lowest BCUT2D eigenvalue weighted by Gasteiger charge is -2.38. The van der Waals surface area contributed by atoms with Gasteiger partial charge in [0.2, 0.25) is 10.0 Å². The van der Waals surface area contributed by atoms with Gasteiger partial charge >= 0.3 is 0 Å². The predicted molar refractivity (Wildman–Crippen MR) is 97.3 cm³/mol. The molecule has 0 amide bonds. The fourth-order valence-electron chi connectivity index (χ4n) is 2.79. The summed E-state index contributed by atoms with van der Waals surface area (Å²) in [5.74, 6) is 0.780. The molecule has 1 fully saturated rings. The van der Waals surface area contributed by atoms with Crippen molar-refractivity contribution in [2.75, 3.05) is 20.2 Å². The number of aryl methyl sites for hydroxylation is 2. The Bertz CT molecular complexity index is 991. The molecular formula is C18H22N2O5S. The maximum absolute atomic E-state index is 12.8. The van der Waals surface area contributed by atoms with Crippen LogP contribution in [0.25, 0.3) is 0 Å². The normalized spacial score (nSPS) is 15.5. The first-order valence-electron chi connectivity index (χ1n) is 8.21. The standard InChI is InChI=1S/C18H22N2O5S/c1-12-5-6-16(24-4)17(7-12)26(22,23)20-10-15(11-20)25-14-8-13(2)19(3)18(21)9-14/h5-9,15H,10-11H2,1-4H3. The summed E-state index contributed by atoms with van der Waals surface area (Å²) in [7, 11) is -0.516. The van der Waals surface area contributed by atoms with Crippen molar-refractivity contribution in [3.05, 3.63) is 51.9 Å².